The van der Waals surface area contributed by atoms with Gasteiger partial charge in [0.2, 0.25) is 0 Å². The van der Waals surface area contributed by atoms with Crippen LogP contribution >= 0.6 is 102 Å². The maximum Gasteiger partial charge on any atom is 0.331 e. The molecule has 52 heavy (non-hydrogen) atoms. The summed E-state index contributed by atoms with van der Waals surface area (Å²) in [6, 6.07) is 0. The summed E-state index contributed by atoms with van der Waals surface area (Å²) in [5.74, 6) is 3.64. The quantitative estimate of drug-likeness (QED) is 0.171. The van der Waals surface area contributed by atoms with E-state index in [9.17, 15) is 19.2 Å². The normalized spacial score (nSPS) is 17.4. The number of hydrogen-bond acceptors (Lipinski definition) is 14. The van der Waals surface area contributed by atoms with Gasteiger partial charge in [0.15, 0.2) is 17.4 Å². The van der Waals surface area contributed by atoms with Crippen molar-refractivity contribution >= 4 is 102 Å². The number of nitrogens with zero attached hydrogens (tertiary/aromatic N) is 8. The minimum atomic E-state index is -0.274. The van der Waals surface area contributed by atoms with Gasteiger partial charge in [0.25, 0.3) is 11.1 Å². The van der Waals surface area contributed by atoms with E-state index in [1.807, 2.05) is 0 Å². The summed E-state index contributed by atoms with van der Waals surface area (Å²) in [4.78, 5) is 51.8. The predicted octanol–water partition coefficient (Wildman–Crippen LogP) is 7.73. The van der Waals surface area contributed by atoms with Gasteiger partial charge >= 0.3 is 11.4 Å². The van der Waals surface area contributed by atoms with E-state index in [1.165, 1.54) is 9.13 Å². The first-order valence-electron chi connectivity index (χ1n) is 17.5. The van der Waals surface area contributed by atoms with Crippen molar-refractivity contribution in [2.45, 2.75) is 121 Å². The van der Waals surface area contributed by atoms with Crippen LogP contribution in [-0.4, -0.2) is 61.7 Å². The highest BCUT2D eigenvalue weighted by Gasteiger charge is 2.13. The van der Waals surface area contributed by atoms with Crippen LogP contribution in [0.5, 0.6) is 0 Å². The van der Waals surface area contributed by atoms with Gasteiger partial charge in [-0.15, -0.1) is 20.4 Å². The third-order valence-electron chi connectivity index (χ3n) is 8.21. The highest BCUT2D eigenvalue weighted by Crippen LogP contribution is 2.31. The fourth-order valence-corrected chi connectivity index (χ4v) is 12.7. The molecule has 0 fully saturated rings. The fourth-order valence-electron chi connectivity index (χ4n) is 5.44. The minimum Gasteiger partial charge on any atom is -0.299 e. The molecule has 0 radical (unpaired) electrons. The number of hydrogen-bond donors (Lipinski definition) is 0. The summed E-state index contributed by atoms with van der Waals surface area (Å²) < 4.78 is 10.7. The van der Waals surface area contributed by atoms with Crippen LogP contribution in [0.1, 0.15) is 77.0 Å². The van der Waals surface area contributed by atoms with Crippen LogP contribution in [-0.2, 0) is 26.2 Å². The number of aromatic nitrogens is 8. The Kier molecular flexibility index (Phi) is 18.1. The van der Waals surface area contributed by atoms with Gasteiger partial charge < -0.3 is 0 Å². The third kappa shape index (κ3) is 13.0. The van der Waals surface area contributed by atoms with Crippen molar-refractivity contribution < 1.29 is 0 Å². The molecule has 1 aliphatic rings. The second kappa shape index (κ2) is 22.4. The zero-order valence-electron chi connectivity index (χ0n) is 28.7. The molecule has 1 aliphatic heterocycles. The Morgan fingerprint density at radius 2 is 0.750 bits per heavy atom. The molecule has 8 bridgehead atoms. The summed E-state index contributed by atoms with van der Waals surface area (Å²) in [7, 11) is 0. The van der Waals surface area contributed by atoms with E-state index in [0.717, 1.165) is 117 Å². The third-order valence-corrected chi connectivity index (χ3v) is 16.0. The molecule has 0 spiro atoms. The lowest BCUT2D eigenvalue weighted by atomic mass is 10.2. The van der Waals surface area contributed by atoms with Gasteiger partial charge in [-0.25, -0.2) is 9.59 Å². The average Bonchev–Trinajstić information content (AvgIpc) is 3.79. The molecular weight excluding hydrogens is 913 g/mol. The molecule has 0 saturated carbocycles. The summed E-state index contributed by atoms with van der Waals surface area (Å²) in [5, 5.41) is 17.4. The second-order valence-corrected chi connectivity index (χ2v) is 21.2. The largest absolute Gasteiger partial charge is 0.331 e. The maximum absolute atomic E-state index is 13.1. The fraction of sp³-hybridized carbons (Fsp3) is 0.625. The van der Waals surface area contributed by atoms with Gasteiger partial charge in [-0.3, -0.25) is 27.9 Å². The Morgan fingerprint density at radius 3 is 1.08 bits per heavy atom. The topological polar surface area (TPSA) is 140 Å². The Morgan fingerprint density at radius 1 is 0.442 bits per heavy atom. The van der Waals surface area contributed by atoms with Gasteiger partial charge in [-0.1, -0.05) is 95.4 Å². The molecule has 0 aliphatic carbocycles. The van der Waals surface area contributed by atoms with E-state index < -0.39 is 0 Å². The van der Waals surface area contributed by atoms with Gasteiger partial charge in [0.05, 0.1) is 8.95 Å². The van der Waals surface area contributed by atoms with Crippen molar-refractivity contribution in [3.8, 4) is 0 Å². The van der Waals surface area contributed by atoms with Crippen molar-refractivity contribution in [3.05, 3.63) is 63.0 Å². The van der Waals surface area contributed by atoms with Crippen molar-refractivity contribution in [2.75, 3.05) is 23.0 Å². The molecule has 0 N–H and O–H groups in total. The van der Waals surface area contributed by atoms with Gasteiger partial charge in [-0.05, 0) is 83.2 Å². The van der Waals surface area contributed by atoms with Gasteiger partial charge in [0.1, 0.15) is 0 Å². The Hall–Kier alpha value is -1.16. The van der Waals surface area contributed by atoms with Crippen molar-refractivity contribution in [1.82, 2.24) is 38.7 Å². The highest BCUT2D eigenvalue weighted by atomic mass is 79.9. The molecule has 0 unspecified atom stereocenters. The second-order valence-electron chi connectivity index (χ2n) is 12.1. The van der Waals surface area contributed by atoms with Crippen molar-refractivity contribution in [1.29, 1.82) is 0 Å². The number of aryl methyl sites for hydroxylation is 2. The van der Waals surface area contributed by atoms with Crippen LogP contribution in [0.3, 0.4) is 0 Å². The molecule has 5 heterocycles. The predicted molar refractivity (Wildman–Crippen MR) is 223 cm³/mol. The Balaban J connectivity index is 1.15. The molecular formula is C32H42Br2N8O4S6. The highest BCUT2D eigenvalue weighted by molar-refractivity contribution is 9.10. The van der Waals surface area contributed by atoms with E-state index in [2.05, 4.69) is 52.3 Å². The Labute approximate surface area is 344 Å². The molecule has 4 aromatic heterocycles. The molecule has 0 saturated heterocycles. The van der Waals surface area contributed by atoms with Crippen LogP contribution in [0, 0.1) is 0 Å². The zero-order valence-corrected chi connectivity index (χ0v) is 36.8. The number of rotatable bonds is 0. The molecule has 12 nitrogen and oxygen atoms in total. The first-order chi connectivity index (χ1) is 25.3. The standard InChI is InChI=1S/C32H42Br2N8O4S6/c33-23-21-39-13-5-1-9-17-47-27-35-36-28(51-27)48-18-10-2-6-14-40-22-24(34)26(44)42(32(40)46)16-8-4-12-20-50-30-38-37-29(52-30)49-19-11-3-7-15-41(25(23)43)31(39)45/h21-22H,1-20H2. The summed E-state index contributed by atoms with van der Waals surface area (Å²) in [6.07, 6.45) is 14.1. The van der Waals surface area contributed by atoms with E-state index in [0.29, 0.717) is 35.1 Å². The zero-order chi connectivity index (χ0) is 36.7. The van der Waals surface area contributed by atoms with Crippen LogP contribution in [0.15, 0.2) is 57.9 Å². The molecule has 0 atom stereocenters. The van der Waals surface area contributed by atoms with Crippen molar-refractivity contribution in [3.63, 3.8) is 0 Å². The number of thioether (sulfide) groups is 4. The maximum atomic E-state index is 13.1. The molecule has 0 aromatic carbocycles. The SMILES string of the molecule is O=c1c(Br)cn2c(=O)n1CCCCCSc1nnc(s1)SCCCCCn1c(=O)c(Br)cn(c1=O)CCCCCSc1nnc(s1)SCCCCC2. The summed E-state index contributed by atoms with van der Waals surface area (Å²) >= 11 is 16.8. The lowest BCUT2D eigenvalue weighted by molar-refractivity contribution is 0.502. The average molecular weight is 955 g/mol. The number of fused-ring (bicyclic) bond motifs is 8. The number of halogens is 2. The summed E-state index contributed by atoms with van der Waals surface area (Å²) in [5.41, 5.74) is -1.04. The first-order valence-corrected chi connectivity index (χ1v) is 24.6. The van der Waals surface area contributed by atoms with Gasteiger partial charge in [0, 0.05) is 61.6 Å². The Bertz CT molecular complexity index is 1840. The first kappa shape index (κ1) is 42.0. The molecule has 5 rings (SSSR count). The molecule has 0 amide bonds. The minimum absolute atomic E-state index is 0.244. The van der Waals surface area contributed by atoms with Crippen LogP contribution in [0.2, 0.25) is 0 Å². The molecule has 20 heteroatoms. The van der Waals surface area contributed by atoms with E-state index in [-0.39, 0.29) is 22.5 Å². The van der Waals surface area contributed by atoms with Crippen LogP contribution in [0.4, 0.5) is 0 Å². The van der Waals surface area contributed by atoms with E-state index in [1.54, 1.807) is 91.2 Å². The van der Waals surface area contributed by atoms with Crippen LogP contribution < -0.4 is 22.5 Å². The van der Waals surface area contributed by atoms with Crippen molar-refractivity contribution in [2.24, 2.45) is 0 Å². The van der Waals surface area contributed by atoms with Gasteiger partial charge in [-0.2, -0.15) is 0 Å². The van der Waals surface area contributed by atoms with E-state index in [4.69, 9.17) is 0 Å². The molecule has 284 valence electrons. The van der Waals surface area contributed by atoms with Crippen LogP contribution in [0.25, 0.3) is 0 Å². The lowest BCUT2D eigenvalue weighted by Crippen LogP contribution is -2.40. The van der Waals surface area contributed by atoms with E-state index >= 15 is 0 Å². The molecule has 4 aromatic rings. The summed E-state index contributed by atoms with van der Waals surface area (Å²) in [6.45, 7) is 1.94. The smallest absolute Gasteiger partial charge is 0.299 e. The lowest BCUT2D eigenvalue weighted by Gasteiger charge is -2.11. The monoisotopic (exact) mass is 952 g/mol.